The van der Waals surface area contributed by atoms with Gasteiger partial charge in [0.25, 0.3) is 0 Å². The number of nitrogens with zero attached hydrogens (tertiary/aromatic N) is 2. The van der Waals surface area contributed by atoms with Crippen molar-refractivity contribution < 1.29 is 14.6 Å². The van der Waals surface area contributed by atoms with E-state index in [0.717, 1.165) is 25.1 Å². The van der Waals surface area contributed by atoms with Crippen LogP contribution in [0.2, 0.25) is 0 Å². The molecule has 116 valence electrons. The molecule has 0 saturated carbocycles. The fourth-order valence-corrected chi connectivity index (χ4v) is 1.80. The summed E-state index contributed by atoms with van der Waals surface area (Å²) in [5.74, 6) is 0.380. The Balaban J connectivity index is 1.61. The van der Waals surface area contributed by atoms with Crippen molar-refractivity contribution >= 4 is 11.8 Å². The van der Waals surface area contributed by atoms with Gasteiger partial charge < -0.3 is 15.2 Å². The van der Waals surface area contributed by atoms with E-state index < -0.39 is 5.97 Å². The third-order valence-corrected chi connectivity index (χ3v) is 3.04. The summed E-state index contributed by atoms with van der Waals surface area (Å²) < 4.78 is 5.63. The molecule has 0 aliphatic heterocycles. The number of aromatic carboxylic acids is 1. The normalized spacial score (nSPS) is 10.2. The molecule has 0 spiro atoms. The zero-order valence-electron chi connectivity index (χ0n) is 12.5. The summed E-state index contributed by atoms with van der Waals surface area (Å²) in [6.45, 7) is 3.44. The number of nitrogens with one attached hydrogen (secondary N) is 1. The summed E-state index contributed by atoms with van der Waals surface area (Å²) in [6, 6.07) is 7.98. The van der Waals surface area contributed by atoms with Crippen molar-refractivity contribution in [3.05, 3.63) is 47.9 Å². The van der Waals surface area contributed by atoms with Crippen molar-refractivity contribution in [2.45, 2.75) is 19.8 Å². The second-order valence-corrected chi connectivity index (χ2v) is 4.89. The van der Waals surface area contributed by atoms with Gasteiger partial charge in [-0.2, -0.15) is 0 Å². The van der Waals surface area contributed by atoms with Crippen molar-refractivity contribution in [2.75, 3.05) is 18.5 Å². The molecule has 0 radical (unpaired) electrons. The molecule has 0 atom stereocenters. The first-order valence-electron chi connectivity index (χ1n) is 7.14. The Morgan fingerprint density at radius 1 is 1.18 bits per heavy atom. The molecule has 2 aromatic rings. The van der Waals surface area contributed by atoms with Crippen LogP contribution >= 0.6 is 0 Å². The van der Waals surface area contributed by atoms with Gasteiger partial charge in [-0.05, 0) is 31.9 Å². The number of benzene rings is 1. The van der Waals surface area contributed by atoms with Crippen molar-refractivity contribution in [1.29, 1.82) is 0 Å². The van der Waals surface area contributed by atoms with Gasteiger partial charge in [-0.3, -0.25) is 0 Å². The molecule has 2 rings (SSSR count). The van der Waals surface area contributed by atoms with Gasteiger partial charge >= 0.3 is 5.97 Å². The average molecular weight is 301 g/mol. The molecule has 0 aliphatic rings. The summed E-state index contributed by atoms with van der Waals surface area (Å²) in [5, 5.41) is 11.8. The number of unbranched alkanes of at least 4 members (excludes halogenated alkanes) is 1. The third kappa shape index (κ3) is 5.05. The first-order valence-corrected chi connectivity index (χ1v) is 7.14. The van der Waals surface area contributed by atoms with Crippen LogP contribution in [-0.2, 0) is 0 Å². The number of aromatic nitrogens is 2. The molecule has 0 fully saturated rings. The molecule has 0 amide bonds. The molecule has 0 bridgehead atoms. The summed E-state index contributed by atoms with van der Waals surface area (Å²) >= 11 is 0. The van der Waals surface area contributed by atoms with Crippen LogP contribution in [0.4, 0.5) is 5.82 Å². The molecule has 2 N–H and O–H groups in total. The van der Waals surface area contributed by atoms with Gasteiger partial charge in [0.1, 0.15) is 11.6 Å². The largest absolute Gasteiger partial charge is 0.494 e. The van der Waals surface area contributed by atoms with E-state index in [9.17, 15) is 4.79 Å². The Hall–Kier alpha value is -2.63. The van der Waals surface area contributed by atoms with Gasteiger partial charge in [-0.15, -0.1) is 0 Å². The van der Waals surface area contributed by atoms with E-state index in [-0.39, 0.29) is 5.69 Å². The molecule has 0 saturated heterocycles. The van der Waals surface area contributed by atoms with Gasteiger partial charge in [0, 0.05) is 6.54 Å². The highest BCUT2D eigenvalue weighted by Gasteiger charge is 2.04. The van der Waals surface area contributed by atoms with Crippen LogP contribution in [0.5, 0.6) is 5.75 Å². The lowest BCUT2D eigenvalue weighted by atomic mass is 10.2. The van der Waals surface area contributed by atoms with Crippen LogP contribution in [0.25, 0.3) is 0 Å². The Kier molecular flexibility index (Phi) is 5.71. The molecule has 0 aliphatic carbocycles. The Labute approximate surface area is 129 Å². The first kappa shape index (κ1) is 15.8. The maximum atomic E-state index is 10.6. The number of aryl methyl sites for hydroxylation is 1. The van der Waals surface area contributed by atoms with Gasteiger partial charge in [0.2, 0.25) is 0 Å². The Morgan fingerprint density at radius 3 is 2.59 bits per heavy atom. The van der Waals surface area contributed by atoms with Gasteiger partial charge in [0.05, 0.1) is 19.0 Å². The lowest BCUT2D eigenvalue weighted by Gasteiger charge is -2.07. The zero-order valence-corrected chi connectivity index (χ0v) is 12.5. The number of hydrogen-bond donors (Lipinski definition) is 2. The van der Waals surface area contributed by atoms with Crippen molar-refractivity contribution in [1.82, 2.24) is 9.97 Å². The quantitative estimate of drug-likeness (QED) is 0.729. The zero-order chi connectivity index (χ0) is 15.8. The topological polar surface area (TPSA) is 84.3 Å². The molecule has 6 nitrogen and oxygen atoms in total. The Bertz CT molecular complexity index is 597. The SMILES string of the molecule is Cc1ccc(OCCCCNc2cnc(C(=O)O)cn2)cc1. The minimum absolute atomic E-state index is 0.0583. The van der Waals surface area contributed by atoms with Crippen LogP contribution in [0, 0.1) is 6.92 Å². The maximum absolute atomic E-state index is 10.6. The fourth-order valence-electron chi connectivity index (χ4n) is 1.80. The smallest absolute Gasteiger partial charge is 0.356 e. The highest BCUT2D eigenvalue weighted by molar-refractivity contribution is 5.84. The van der Waals surface area contributed by atoms with E-state index in [1.165, 1.54) is 18.0 Å². The van der Waals surface area contributed by atoms with Gasteiger partial charge in [-0.1, -0.05) is 17.7 Å². The fraction of sp³-hybridized carbons (Fsp3) is 0.312. The summed E-state index contributed by atoms with van der Waals surface area (Å²) in [6.07, 6.45) is 4.51. The Morgan fingerprint density at radius 2 is 1.95 bits per heavy atom. The standard InChI is InChI=1S/C16H19N3O3/c1-12-4-6-13(7-5-12)22-9-3-2-8-17-15-11-18-14(10-19-15)16(20)21/h4-7,10-11H,2-3,8-9H2,1H3,(H,17,19)(H,20,21). The second-order valence-electron chi connectivity index (χ2n) is 4.89. The van der Waals surface area contributed by atoms with Crippen LogP contribution in [0.15, 0.2) is 36.7 Å². The lowest BCUT2D eigenvalue weighted by Crippen LogP contribution is -2.08. The number of carbonyl (C=O) groups is 1. The minimum Gasteiger partial charge on any atom is -0.494 e. The van der Waals surface area contributed by atoms with Crippen LogP contribution < -0.4 is 10.1 Å². The lowest BCUT2D eigenvalue weighted by molar-refractivity contribution is 0.0690. The molecular formula is C16H19N3O3. The molecule has 1 heterocycles. The van der Waals surface area contributed by atoms with E-state index in [4.69, 9.17) is 9.84 Å². The number of anilines is 1. The van der Waals surface area contributed by atoms with E-state index in [2.05, 4.69) is 15.3 Å². The second kappa shape index (κ2) is 7.97. The minimum atomic E-state index is -1.08. The number of hydrogen-bond acceptors (Lipinski definition) is 5. The van der Waals surface area contributed by atoms with Crippen molar-refractivity contribution in [2.24, 2.45) is 0 Å². The van der Waals surface area contributed by atoms with E-state index in [1.807, 2.05) is 31.2 Å². The molecular weight excluding hydrogens is 282 g/mol. The highest BCUT2D eigenvalue weighted by Crippen LogP contribution is 2.11. The van der Waals surface area contributed by atoms with Crippen LogP contribution in [0.1, 0.15) is 28.9 Å². The molecule has 22 heavy (non-hydrogen) atoms. The predicted octanol–water partition coefficient (Wildman–Crippen LogP) is 2.75. The van der Waals surface area contributed by atoms with Crippen LogP contribution in [0.3, 0.4) is 0 Å². The molecule has 1 aromatic carbocycles. The third-order valence-electron chi connectivity index (χ3n) is 3.04. The number of carboxylic acids is 1. The summed E-state index contributed by atoms with van der Waals surface area (Å²) in [4.78, 5) is 18.4. The van der Waals surface area contributed by atoms with Gasteiger partial charge in [-0.25, -0.2) is 14.8 Å². The van der Waals surface area contributed by atoms with Crippen molar-refractivity contribution in [3.63, 3.8) is 0 Å². The van der Waals surface area contributed by atoms with E-state index in [0.29, 0.717) is 12.4 Å². The average Bonchev–Trinajstić information content (AvgIpc) is 2.53. The summed E-state index contributed by atoms with van der Waals surface area (Å²) in [7, 11) is 0. The van der Waals surface area contributed by atoms with Crippen LogP contribution in [-0.4, -0.2) is 34.2 Å². The maximum Gasteiger partial charge on any atom is 0.356 e. The number of carboxylic acid groups (broad SMARTS) is 1. The molecule has 1 aromatic heterocycles. The van der Waals surface area contributed by atoms with E-state index in [1.54, 1.807) is 0 Å². The number of ether oxygens (including phenoxy) is 1. The molecule has 0 unspecified atom stereocenters. The highest BCUT2D eigenvalue weighted by atomic mass is 16.5. The summed E-state index contributed by atoms with van der Waals surface area (Å²) in [5.41, 5.74) is 1.16. The monoisotopic (exact) mass is 301 g/mol. The number of rotatable bonds is 8. The first-order chi connectivity index (χ1) is 10.6. The van der Waals surface area contributed by atoms with E-state index >= 15 is 0 Å². The van der Waals surface area contributed by atoms with Gasteiger partial charge in [0.15, 0.2) is 5.69 Å². The molecule has 6 heteroatoms. The predicted molar refractivity (Wildman–Crippen MR) is 83.4 cm³/mol. The van der Waals surface area contributed by atoms with Crippen molar-refractivity contribution in [3.8, 4) is 5.75 Å².